The van der Waals surface area contributed by atoms with E-state index in [9.17, 15) is 14.7 Å². The standard InChI is InChI=1S/C13H13NO2.C13H19NO2.C3H8/c1-9(15)11-6-5-10(8-12(11)14-2)13-4-3-7-16-13;1-3-7-14(8-4-2)12-5-6-13(16)11(9-12)10-15;1-3-2/h3-8,14H,1-2H3;5-6,9-10,16H,3-4,7-8H2,1-2H3;3H2,1-2H3. The number of phenolic OH excluding ortho intramolecular Hbond substituents is 1. The molecule has 6 nitrogen and oxygen atoms in total. The molecule has 0 bridgehead atoms. The van der Waals surface area contributed by atoms with Crippen LogP contribution in [-0.4, -0.2) is 37.3 Å². The van der Waals surface area contributed by atoms with Crippen LogP contribution in [0.4, 0.5) is 11.4 Å². The van der Waals surface area contributed by atoms with Crippen LogP contribution < -0.4 is 10.2 Å². The first-order valence-corrected chi connectivity index (χ1v) is 12.3. The molecule has 0 fully saturated rings. The zero-order valence-corrected chi connectivity index (χ0v) is 21.9. The lowest BCUT2D eigenvalue weighted by atomic mass is 10.0. The first kappa shape index (κ1) is 29.5. The Balaban J connectivity index is 0.000000315. The summed E-state index contributed by atoms with van der Waals surface area (Å²) in [5, 5.41) is 12.4. The van der Waals surface area contributed by atoms with Gasteiger partial charge in [0.05, 0.1) is 11.8 Å². The number of rotatable bonds is 9. The maximum Gasteiger partial charge on any atom is 0.161 e. The quantitative estimate of drug-likeness (QED) is 0.245. The van der Waals surface area contributed by atoms with Gasteiger partial charge in [0, 0.05) is 42.6 Å². The van der Waals surface area contributed by atoms with Gasteiger partial charge in [-0.2, -0.15) is 0 Å². The number of furan rings is 1. The molecule has 0 unspecified atom stereocenters. The summed E-state index contributed by atoms with van der Waals surface area (Å²) >= 11 is 0. The van der Waals surface area contributed by atoms with E-state index in [1.807, 2.05) is 36.4 Å². The summed E-state index contributed by atoms with van der Waals surface area (Å²) in [6.45, 7) is 12.0. The van der Waals surface area contributed by atoms with E-state index < -0.39 is 0 Å². The van der Waals surface area contributed by atoms with Gasteiger partial charge in [-0.25, -0.2) is 0 Å². The largest absolute Gasteiger partial charge is 0.507 e. The number of nitrogens with one attached hydrogen (secondary N) is 1. The van der Waals surface area contributed by atoms with Gasteiger partial charge in [0.2, 0.25) is 0 Å². The number of hydrogen-bond donors (Lipinski definition) is 2. The number of carbonyl (C=O) groups is 2. The van der Waals surface area contributed by atoms with Crippen molar-refractivity contribution in [1.29, 1.82) is 0 Å². The third-order valence-electron chi connectivity index (χ3n) is 4.96. The lowest BCUT2D eigenvalue weighted by Crippen LogP contribution is -2.24. The minimum absolute atomic E-state index is 0.0479. The molecule has 0 aliphatic rings. The van der Waals surface area contributed by atoms with Crippen molar-refractivity contribution in [3.63, 3.8) is 0 Å². The number of phenols is 1. The summed E-state index contributed by atoms with van der Waals surface area (Å²) in [4.78, 5) is 24.3. The molecule has 0 saturated heterocycles. The predicted molar refractivity (Wildman–Crippen MR) is 146 cm³/mol. The number of ketones is 1. The summed E-state index contributed by atoms with van der Waals surface area (Å²) in [6, 6.07) is 14.5. The van der Waals surface area contributed by atoms with Crippen LogP contribution >= 0.6 is 0 Å². The topological polar surface area (TPSA) is 82.8 Å². The lowest BCUT2D eigenvalue weighted by molar-refractivity contribution is 0.101. The molecule has 0 aliphatic carbocycles. The van der Waals surface area contributed by atoms with Crippen molar-refractivity contribution in [2.24, 2.45) is 0 Å². The molecule has 2 aromatic carbocycles. The third-order valence-corrected chi connectivity index (χ3v) is 4.96. The smallest absolute Gasteiger partial charge is 0.161 e. The molecule has 2 N–H and O–H groups in total. The van der Waals surface area contributed by atoms with Crippen molar-refractivity contribution in [1.82, 2.24) is 0 Å². The monoisotopic (exact) mass is 480 g/mol. The van der Waals surface area contributed by atoms with Crippen molar-refractivity contribution in [2.45, 2.75) is 53.9 Å². The normalized spacial score (nSPS) is 9.77. The highest BCUT2D eigenvalue weighted by Gasteiger charge is 2.09. The lowest BCUT2D eigenvalue weighted by Gasteiger charge is -2.24. The number of Topliss-reactive ketones (excluding diaryl/α,β-unsaturated/α-hetero) is 1. The molecule has 3 aromatic rings. The molecule has 0 radical (unpaired) electrons. The predicted octanol–water partition coefficient (Wildman–Crippen LogP) is 7.44. The Kier molecular flexibility index (Phi) is 13.6. The second-order valence-electron chi connectivity index (χ2n) is 8.10. The molecule has 0 amide bonds. The van der Waals surface area contributed by atoms with Gasteiger partial charge >= 0.3 is 0 Å². The Labute approximate surface area is 210 Å². The van der Waals surface area contributed by atoms with E-state index >= 15 is 0 Å². The molecule has 3 rings (SSSR count). The van der Waals surface area contributed by atoms with Gasteiger partial charge in [-0.05, 0) is 62.2 Å². The van der Waals surface area contributed by atoms with Crippen molar-refractivity contribution in [3.8, 4) is 17.1 Å². The third kappa shape index (κ3) is 9.32. The van der Waals surface area contributed by atoms with E-state index in [-0.39, 0.29) is 11.5 Å². The minimum Gasteiger partial charge on any atom is -0.507 e. The van der Waals surface area contributed by atoms with Crippen LogP contribution in [0.15, 0.2) is 59.2 Å². The fraction of sp³-hybridized carbons (Fsp3) is 0.379. The summed E-state index contributed by atoms with van der Waals surface area (Å²) in [5.74, 6) is 0.897. The molecule has 0 saturated carbocycles. The van der Waals surface area contributed by atoms with Crippen LogP contribution in [0.1, 0.15) is 74.6 Å². The molecule has 0 atom stereocenters. The molecule has 35 heavy (non-hydrogen) atoms. The SMILES string of the molecule is CCC.CCCN(CCC)c1ccc(O)c(C=O)c1.CNc1cc(-c2ccco2)ccc1C(C)=O. The van der Waals surface area contributed by atoms with E-state index in [2.05, 4.69) is 37.9 Å². The van der Waals surface area contributed by atoms with Gasteiger partial charge < -0.3 is 19.7 Å². The van der Waals surface area contributed by atoms with Gasteiger partial charge in [-0.15, -0.1) is 0 Å². The fourth-order valence-corrected chi connectivity index (χ4v) is 3.40. The Morgan fingerprint density at radius 1 is 1.03 bits per heavy atom. The maximum atomic E-state index is 11.4. The number of carbonyl (C=O) groups excluding carboxylic acids is 2. The maximum absolute atomic E-state index is 11.4. The van der Waals surface area contributed by atoms with Gasteiger partial charge in [0.1, 0.15) is 11.5 Å². The van der Waals surface area contributed by atoms with Crippen molar-refractivity contribution >= 4 is 23.4 Å². The van der Waals surface area contributed by atoms with Crippen LogP contribution in [0.3, 0.4) is 0 Å². The molecule has 1 aromatic heterocycles. The van der Waals surface area contributed by atoms with E-state index in [4.69, 9.17) is 4.42 Å². The van der Waals surface area contributed by atoms with Crippen LogP contribution in [0.5, 0.6) is 5.75 Å². The number of hydrogen-bond acceptors (Lipinski definition) is 6. The molecule has 190 valence electrons. The van der Waals surface area contributed by atoms with Crippen molar-refractivity contribution in [3.05, 3.63) is 65.9 Å². The zero-order valence-electron chi connectivity index (χ0n) is 21.9. The van der Waals surface area contributed by atoms with Crippen molar-refractivity contribution in [2.75, 3.05) is 30.4 Å². The average Bonchev–Trinajstić information content (AvgIpc) is 3.40. The number of anilines is 2. The Morgan fingerprint density at radius 3 is 2.17 bits per heavy atom. The van der Waals surface area contributed by atoms with Crippen LogP contribution in [0.2, 0.25) is 0 Å². The summed E-state index contributed by atoms with van der Waals surface area (Å²) in [6.07, 6.45) is 5.71. The van der Waals surface area contributed by atoms with Gasteiger partial charge in [0.15, 0.2) is 12.1 Å². The highest BCUT2D eigenvalue weighted by atomic mass is 16.3. The molecule has 1 heterocycles. The second kappa shape index (κ2) is 16.1. The average molecular weight is 481 g/mol. The van der Waals surface area contributed by atoms with E-state index in [0.29, 0.717) is 17.4 Å². The Morgan fingerprint density at radius 2 is 1.69 bits per heavy atom. The Hall–Kier alpha value is -3.54. The Bertz CT molecular complexity index is 1020. The van der Waals surface area contributed by atoms with E-state index in [0.717, 1.165) is 48.6 Å². The highest BCUT2D eigenvalue weighted by Crippen LogP contribution is 2.26. The number of benzene rings is 2. The summed E-state index contributed by atoms with van der Waals surface area (Å²) < 4.78 is 5.31. The van der Waals surface area contributed by atoms with Crippen molar-refractivity contribution < 1.29 is 19.1 Å². The van der Waals surface area contributed by atoms with Gasteiger partial charge in [-0.1, -0.05) is 40.2 Å². The summed E-state index contributed by atoms with van der Waals surface area (Å²) in [7, 11) is 1.80. The van der Waals surface area contributed by atoms with Crippen LogP contribution in [0, 0.1) is 0 Å². The first-order chi connectivity index (χ1) is 16.9. The minimum atomic E-state index is 0.0479. The summed E-state index contributed by atoms with van der Waals surface area (Å²) in [5.41, 5.74) is 3.83. The first-order valence-electron chi connectivity index (χ1n) is 12.3. The highest BCUT2D eigenvalue weighted by molar-refractivity contribution is 6.00. The second-order valence-corrected chi connectivity index (χ2v) is 8.10. The molecular formula is C29H40N2O4. The fourth-order valence-electron chi connectivity index (χ4n) is 3.40. The van der Waals surface area contributed by atoms with E-state index in [1.54, 1.807) is 32.4 Å². The number of aromatic hydroxyl groups is 1. The van der Waals surface area contributed by atoms with Gasteiger partial charge in [-0.3, -0.25) is 9.59 Å². The molecule has 0 spiro atoms. The zero-order chi connectivity index (χ0) is 26.2. The van der Waals surface area contributed by atoms with Crippen LogP contribution in [0.25, 0.3) is 11.3 Å². The molecular weight excluding hydrogens is 440 g/mol. The molecule has 0 aliphatic heterocycles. The number of aldehydes is 1. The number of nitrogens with zero attached hydrogens (tertiary/aromatic N) is 1. The van der Waals surface area contributed by atoms with Gasteiger partial charge in [0.25, 0.3) is 0 Å². The van der Waals surface area contributed by atoms with Crippen LogP contribution in [-0.2, 0) is 0 Å². The van der Waals surface area contributed by atoms with E-state index in [1.165, 1.54) is 6.42 Å². The molecule has 6 heteroatoms.